The average Bonchev–Trinajstić information content (AvgIpc) is 3.54. The monoisotopic (exact) mass is 838 g/mol. The maximum Gasteiger partial charge on any atom is 0.248 e. The number of nitrogens with zero attached hydrogens (tertiary/aromatic N) is 1. The van der Waals surface area contributed by atoms with E-state index >= 15 is 0 Å². The molecule has 0 bridgehead atoms. The number of unbranched alkanes of at least 4 members (excludes halogenated alkanes) is 8. The number of carbonyl (C=O) groups excluding carboxylic acids is 7. The molecule has 0 aromatic carbocycles. The van der Waals surface area contributed by atoms with Crippen molar-refractivity contribution < 1.29 is 43.8 Å². The molecule has 0 saturated carbocycles. The summed E-state index contributed by atoms with van der Waals surface area (Å²) in [5.41, 5.74) is 3.97. The molecule has 9 N–H and O–H groups in total. The molecule has 6 atom stereocenters. The second-order valence-electron chi connectivity index (χ2n) is 18.1. The number of hydrogen-bond donors (Lipinski definition) is 8. The number of nitrogens with two attached hydrogens (primary N) is 1. The molecule has 6 unspecified atom stereocenters. The van der Waals surface area contributed by atoms with E-state index in [1.807, 2.05) is 27.7 Å². The second-order valence-corrected chi connectivity index (χ2v) is 18.1. The van der Waals surface area contributed by atoms with Gasteiger partial charge in [-0.15, -0.1) is 0 Å². The Hall–Kier alpha value is -3.79. The SMILES string of the molecule is CCCCCCCCCCCC(=O)NC(C)(C)C(=O)N1CC(O)CC1C(=O)NC(CC(C)C)C(=O)NC(C(=O)NC(CCC(N)=O)C(=O)NC(CO)CC(C)C)C(C)C. The van der Waals surface area contributed by atoms with Gasteiger partial charge >= 0.3 is 0 Å². The maximum absolute atomic E-state index is 13.9. The Balaban J connectivity index is 3.05. The Morgan fingerprint density at radius 3 is 1.81 bits per heavy atom. The molecule has 0 radical (unpaired) electrons. The first-order valence-electron chi connectivity index (χ1n) is 22.0. The summed E-state index contributed by atoms with van der Waals surface area (Å²) in [7, 11) is 0. The fourth-order valence-electron chi connectivity index (χ4n) is 7.33. The largest absolute Gasteiger partial charge is 0.394 e. The van der Waals surface area contributed by atoms with Crippen LogP contribution in [0.25, 0.3) is 0 Å². The molecule has 7 amide bonds. The summed E-state index contributed by atoms with van der Waals surface area (Å²) in [6.07, 6.45) is 9.48. The number of carbonyl (C=O) groups is 7. The van der Waals surface area contributed by atoms with Crippen LogP contribution >= 0.6 is 0 Å². The van der Waals surface area contributed by atoms with E-state index in [0.29, 0.717) is 12.8 Å². The lowest BCUT2D eigenvalue weighted by molar-refractivity contribution is -0.145. The van der Waals surface area contributed by atoms with E-state index < -0.39 is 83.2 Å². The van der Waals surface area contributed by atoms with Crippen LogP contribution in [0.1, 0.15) is 159 Å². The number of rotatable bonds is 29. The van der Waals surface area contributed by atoms with Gasteiger partial charge in [0.2, 0.25) is 41.4 Å². The molecule has 1 heterocycles. The molecule has 0 spiro atoms. The molecule has 16 nitrogen and oxygen atoms in total. The van der Waals surface area contributed by atoms with Gasteiger partial charge in [-0.2, -0.15) is 0 Å². The molecule has 1 rings (SSSR count). The summed E-state index contributed by atoms with van der Waals surface area (Å²) in [5, 5.41) is 34.1. The minimum atomic E-state index is -1.37. The van der Waals surface area contributed by atoms with Crippen LogP contribution in [0.15, 0.2) is 0 Å². The third-order valence-corrected chi connectivity index (χ3v) is 10.6. The number of β-amino-alcohol motifs (C(OH)–C–C–N with tert-alkyl or cyclic N) is 1. The Labute approximate surface area is 353 Å². The van der Waals surface area contributed by atoms with E-state index in [9.17, 15) is 43.8 Å². The number of nitrogens with one attached hydrogen (secondary N) is 5. The van der Waals surface area contributed by atoms with Gasteiger partial charge in [0, 0.05) is 25.8 Å². The van der Waals surface area contributed by atoms with Crippen LogP contribution in [0.3, 0.4) is 0 Å². The first-order valence-corrected chi connectivity index (χ1v) is 22.0. The summed E-state index contributed by atoms with van der Waals surface area (Å²) >= 11 is 0. The Morgan fingerprint density at radius 2 is 1.29 bits per heavy atom. The number of aliphatic hydroxyl groups excluding tert-OH is 2. The lowest BCUT2D eigenvalue weighted by Gasteiger charge is -2.34. The maximum atomic E-state index is 13.9. The number of likely N-dealkylation sites (tertiary alicyclic amines) is 1. The van der Waals surface area contributed by atoms with E-state index in [4.69, 9.17) is 5.73 Å². The lowest BCUT2D eigenvalue weighted by Crippen LogP contribution is -2.61. The molecule has 1 aliphatic heterocycles. The van der Waals surface area contributed by atoms with E-state index in [1.54, 1.807) is 27.7 Å². The summed E-state index contributed by atoms with van der Waals surface area (Å²) in [6.45, 7) is 15.8. The van der Waals surface area contributed by atoms with Gasteiger partial charge in [-0.05, 0) is 57.3 Å². The Kier molecular flexibility index (Phi) is 24.5. The molecule has 0 aromatic heterocycles. The zero-order valence-electron chi connectivity index (χ0n) is 37.5. The van der Waals surface area contributed by atoms with Crippen molar-refractivity contribution in [2.75, 3.05) is 13.2 Å². The van der Waals surface area contributed by atoms with Crippen molar-refractivity contribution >= 4 is 41.4 Å². The molecular weight excluding hydrogens is 759 g/mol. The molecule has 59 heavy (non-hydrogen) atoms. The van der Waals surface area contributed by atoms with Crippen LogP contribution < -0.4 is 32.3 Å². The lowest BCUT2D eigenvalue weighted by atomic mass is 9.98. The molecule has 1 fully saturated rings. The van der Waals surface area contributed by atoms with Crippen molar-refractivity contribution in [3.05, 3.63) is 0 Å². The van der Waals surface area contributed by atoms with Gasteiger partial charge in [-0.25, -0.2) is 0 Å². The second kappa shape index (κ2) is 27.1. The summed E-state index contributed by atoms with van der Waals surface area (Å²) in [6, 6.07) is -5.19. The van der Waals surface area contributed by atoms with Crippen molar-refractivity contribution in [3.63, 3.8) is 0 Å². The van der Waals surface area contributed by atoms with Gasteiger partial charge < -0.3 is 47.4 Å². The third-order valence-electron chi connectivity index (χ3n) is 10.6. The molecular formula is C43H79N7O9. The van der Waals surface area contributed by atoms with Gasteiger partial charge in [0.25, 0.3) is 0 Å². The highest BCUT2D eigenvalue weighted by Crippen LogP contribution is 2.23. The van der Waals surface area contributed by atoms with Crippen molar-refractivity contribution in [1.29, 1.82) is 0 Å². The molecule has 1 aliphatic rings. The van der Waals surface area contributed by atoms with Gasteiger partial charge in [-0.3, -0.25) is 33.6 Å². The van der Waals surface area contributed by atoms with Crippen molar-refractivity contribution in [3.8, 4) is 0 Å². The van der Waals surface area contributed by atoms with Crippen molar-refractivity contribution in [2.45, 2.75) is 200 Å². The number of hydrogen-bond acceptors (Lipinski definition) is 9. The van der Waals surface area contributed by atoms with Crippen LogP contribution in [0.4, 0.5) is 0 Å². The van der Waals surface area contributed by atoms with Crippen LogP contribution in [-0.4, -0.2) is 111 Å². The fourth-order valence-corrected chi connectivity index (χ4v) is 7.33. The number of primary amides is 1. The van der Waals surface area contributed by atoms with E-state index in [2.05, 4.69) is 33.5 Å². The molecule has 1 saturated heterocycles. The van der Waals surface area contributed by atoms with Crippen LogP contribution in [0.5, 0.6) is 0 Å². The van der Waals surface area contributed by atoms with Gasteiger partial charge in [-0.1, -0.05) is 99.8 Å². The topological polar surface area (TPSA) is 249 Å². The van der Waals surface area contributed by atoms with Crippen molar-refractivity contribution in [1.82, 2.24) is 31.5 Å². The predicted molar refractivity (Wildman–Crippen MR) is 227 cm³/mol. The zero-order valence-corrected chi connectivity index (χ0v) is 37.5. The number of aliphatic hydroxyl groups is 2. The van der Waals surface area contributed by atoms with Gasteiger partial charge in [0.05, 0.1) is 18.8 Å². The summed E-state index contributed by atoms with van der Waals surface area (Å²) in [4.78, 5) is 94.3. The number of amides is 7. The quantitative estimate of drug-likeness (QED) is 0.0516. The molecule has 340 valence electrons. The molecule has 0 aliphatic carbocycles. The highest BCUT2D eigenvalue weighted by molar-refractivity contribution is 5.97. The molecule has 0 aromatic rings. The highest BCUT2D eigenvalue weighted by atomic mass is 16.3. The minimum Gasteiger partial charge on any atom is -0.394 e. The van der Waals surface area contributed by atoms with E-state index in [-0.39, 0.29) is 63.0 Å². The van der Waals surface area contributed by atoms with Crippen LogP contribution in [0.2, 0.25) is 0 Å². The predicted octanol–water partition coefficient (Wildman–Crippen LogP) is 2.71. The van der Waals surface area contributed by atoms with Crippen LogP contribution in [0, 0.1) is 17.8 Å². The summed E-state index contributed by atoms with van der Waals surface area (Å²) < 4.78 is 0. The van der Waals surface area contributed by atoms with Crippen molar-refractivity contribution in [2.24, 2.45) is 23.5 Å². The third kappa shape index (κ3) is 20.4. The van der Waals surface area contributed by atoms with Gasteiger partial charge in [0.15, 0.2) is 0 Å². The molecule has 16 heteroatoms. The van der Waals surface area contributed by atoms with Crippen LogP contribution in [-0.2, 0) is 33.6 Å². The first-order chi connectivity index (χ1) is 27.6. The normalized spacial score (nSPS) is 17.6. The first kappa shape index (κ1) is 53.2. The standard InChI is InChI=1S/C43H79N7O9/c1-10-11-12-13-14-15-16-17-18-19-36(54)49-43(8,9)42(59)50-25-31(52)24-34(50)40(57)47-33(23-28(4)5)39(56)48-37(29(6)7)41(58)46-32(20-21-35(44)53)38(55)45-30(26-51)22-27(2)3/h27-34,37,51-52H,10-26H2,1-9H3,(H2,44,53)(H,45,55)(H,46,58)(H,47,57)(H,48,56)(H,49,54). The minimum absolute atomic E-state index is 0.0733. The average molecular weight is 838 g/mol. The Bertz CT molecular complexity index is 1360. The Morgan fingerprint density at radius 1 is 0.729 bits per heavy atom. The smallest absolute Gasteiger partial charge is 0.248 e. The zero-order chi connectivity index (χ0) is 44.9. The highest BCUT2D eigenvalue weighted by Gasteiger charge is 2.45. The van der Waals surface area contributed by atoms with Gasteiger partial charge in [0.1, 0.15) is 29.7 Å². The van der Waals surface area contributed by atoms with E-state index in [0.717, 1.165) is 19.3 Å². The van der Waals surface area contributed by atoms with E-state index in [1.165, 1.54) is 37.0 Å². The fraction of sp³-hybridized carbons (Fsp3) is 0.837. The summed E-state index contributed by atoms with van der Waals surface area (Å²) in [5.74, 6) is -4.54.